The van der Waals surface area contributed by atoms with Crippen molar-refractivity contribution < 1.29 is 9.18 Å². The fourth-order valence-electron chi connectivity index (χ4n) is 3.08. The summed E-state index contributed by atoms with van der Waals surface area (Å²) in [5, 5.41) is 11.1. The third-order valence-corrected chi connectivity index (χ3v) is 5.61. The van der Waals surface area contributed by atoms with Crippen LogP contribution in [0.5, 0.6) is 0 Å². The van der Waals surface area contributed by atoms with Crippen molar-refractivity contribution in [2.75, 3.05) is 0 Å². The summed E-state index contributed by atoms with van der Waals surface area (Å²) in [5.41, 5.74) is 1.81. The molecule has 28 heavy (non-hydrogen) atoms. The second-order valence-corrected chi connectivity index (χ2v) is 7.81. The van der Waals surface area contributed by atoms with E-state index in [9.17, 15) is 9.18 Å². The van der Waals surface area contributed by atoms with E-state index in [1.54, 1.807) is 23.2 Å². The molecule has 0 bridgehead atoms. The predicted octanol–water partition coefficient (Wildman–Crippen LogP) is 4.83. The molecule has 140 valence electrons. The number of thioether (sulfide) groups is 1. The minimum atomic E-state index is -0.298. The van der Waals surface area contributed by atoms with Crippen molar-refractivity contribution in [2.45, 2.75) is 18.7 Å². The van der Waals surface area contributed by atoms with Crippen LogP contribution in [0.2, 0.25) is 0 Å². The van der Waals surface area contributed by atoms with Gasteiger partial charge < -0.3 is 0 Å². The van der Waals surface area contributed by atoms with Gasteiger partial charge in [-0.1, -0.05) is 66.4 Å². The van der Waals surface area contributed by atoms with Crippen LogP contribution < -0.4 is 0 Å². The molecule has 3 aromatic rings. The van der Waals surface area contributed by atoms with Gasteiger partial charge in [0.1, 0.15) is 5.82 Å². The summed E-state index contributed by atoms with van der Waals surface area (Å²) in [5.74, 6) is -0.318. The molecule has 4 rings (SSSR count). The highest BCUT2D eigenvalue weighted by molar-refractivity contribution is 8.15. The van der Waals surface area contributed by atoms with Crippen LogP contribution in [0, 0.1) is 5.82 Å². The van der Waals surface area contributed by atoms with Gasteiger partial charge in [-0.05, 0) is 35.4 Å². The van der Waals surface area contributed by atoms with Gasteiger partial charge in [0, 0.05) is 5.56 Å². The number of hydrogen-bond acceptors (Lipinski definition) is 4. The molecule has 0 N–H and O–H groups in total. The van der Waals surface area contributed by atoms with E-state index in [4.69, 9.17) is 0 Å². The van der Waals surface area contributed by atoms with Gasteiger partial charge in [0.05, 0.1) is 18.0 Å². The summed E-state index contributed by atoms with van der Waals surface area (Å²) in [4.78, 5) is 14.1. The molecule has 3 aromatic carbocycles. The standard InChI is InChI=1S/C22H18FN3OS/c1-15-21(27)26(14-16-9-11-19(23)12-10-16)22(28-15)25-24-13-18-7-4-6-17-5-2-3-8-20(17)18/h2-13,15H,14H2,1H3/b24-13-,25-22-/t15-/m0/s1. The van der Waals surface area contributed by atoms with Crippen molar-refractivity contribution in [1.29, 1.82) is 0 Å². The summed E-state index contributed by atoms with van der Waals surface area (Å²) in [6, 6.07) is 20.2. The number of carbonyl (C=O) groups excluding carboxylic acids is 1. The van der Waals surface area contributed by atoms with Gasteiger partial charge in [0.25, 0.3) is 0 Å². The molecule has 1 fully saturated rings. The second-order valence-electron chi connectivity index (χ2n) is 6.51. The van der Waals surface area contributed by atoms with Crippen LogP contribution in [0.15, 0.2) is 76.9 Å². The van der Waals surface area contributed by atoms with E-state index in [0.717, 1.165) is 21.9 Å². The molecule has 1 saturated heterocycles. The molecular formula is C22H18FN3OS. The van der Waals surface area contributed by atoms with E-state index in [1.165, 1.54) is 23.9 Å². The van der Waals surface area contributed by atoms with E-state index in [-0.39, 0.29) is 17.0 Å². The van der Waals surface area contributed by atoms with Crippen LogP contribution in [0.3, 0.4) is 0 Å². The molecule has 0 spiro atoms. The van der Waals surface area contributed by atoms with Gasteiger partial charge in [-0.15, -0.1) is 5.10 Å². The summed E-state index contributed by atoms with van der Waals surface area (Å²) >= 11 is 1.38. The number of amidine groups is 1. The molecule has 1 aliphatic rings. The van der Waals surface area contributed by atoms with Crippen LogP contribution >= 0.6 is 11.8 Å². The monoisotopic (exact) mass is 391 g/mol. The Morgan fingerprint density at radius 2 is 1.82 bits per heavy atom. The van der Waals surface area contributed by atoms with Gasteiger partial charge in [-0.25, -0.2) is 4.39 Å². The van der Waals surface area contributed by atoms with Crippen LogP contribution in [-0.4, -0.2) is 27.4 Å². The van der Waals surface area contributed by atoms with Gasteiger partial charge in [0.15, 0.2) is 5.17 Å². The summed E-state index contributed by atoms with van der Waals surface area (Å²) < 4.78 is 13.1. The Bertz CT molecular complexity index is 1070. The first-order valence-electron chi connectivity index (χ1n) is 8.93. The highest BCUT2D eigenvalue weighted by Crippen LogP contribution is 2.28. The maximum absolute atomic E-state index is 13.1. The Labute approximate surface area is 166 Å². The zero-order valence-corrected chi connectivity index (χ0v) is 16.1. The molecule has 4 nitrogen and oxygen atoms in total. The number of amides is 1. The molecule has 0 radical (unpaired) electrons. The third kappa shape index (κ3) is 3.82. The number of benzene rings is 3. The quantitative estimate of drug-likeness (QED) is 0.472. The Morgan fingerprint density at radius 3 is 2.64 bits per heavy atom. The smallest absolute Gasteiger partial charge is 0.242 e. The maximum atomic E-state index is 13.1. The topological polar surface area (TPSA) is 45.0 Å². The van der Waals surface area contributed by atoms with Crippen molar-refractivity contribution in [2.24, 2.45) is 10.2 Å². The molecule has 0 unspecified atom stereocenters. The lowest BCUT2D eigenvalue weighted by molar-refractivity contribution is -0.126. The summed E-state index contributed by atoms with van der Waals surface area (Å²) in [7, 11) is 0. The third-order valence-electron chi connectivity index (χ3n) is 4.54. The maximum Gasteiger partial charge on any atom is 0.242 e. The molecule has 0 aromatic heterocycles. The SMILES string of the molecule is C[C@@H]1S/C(=N\N=C/c2cccc3ccccc23)N(Cc2ccc(F)cc2)C1=O. The van der Waals surface area contributed by atoms with Crippen LogP contribution in [-0.2, 0) is 11.3 Å². The normalized spacial score (nSPS) is 18.6. The van der Waals surface area contributed by atoms with Crippen LogP contribution in [0.1, 0.15) is 18.1 Å². The Kier molecular flexibility index (Phi) is 5.21. The van der Waals surface area contributed by atoms with E-state index >= 15 is 0 Å². The molecule has 1 atom stereocenters. The van der Waals surface area contributed by atoms with Crippen molar-refractivity contribution in [3.63, 3.8) is 0 Å². The zero-order chi connectivity index (χ0) is 19.5. The van der Waals surface area contributed by atoms with Gasteiger partial charge in [-0.3, -0.25) is 9.69 Å². The van der Waals surface area contributed by atoms with E-state index in [1.807, 2.05) is 37.3 Å². The first kappa shape index (κ1) is 18.4. The fraction of sp³-hybridized carbons (Fsp3) is 0.136. The Morgan fingerprint density at radius 1 is 1.07 bits per heavy atom. The van der Waals surface area contributed by atoms with Gasteiger partial charge in [0.2, 0.25) is 5.91 Å². The van der Waals surface area contributed by atoms with Crippen molar-refractivity contribution in [3.8, 4) is 0 Å². The Hall–Kier alpha value is -2.99. The van der Waals surface area contributed by atoms with Crippen molar-refractivity contribution >= 4 is 39.8 Å². The van der Waals surface area contributed by atoms with Crippen molar-refractivity contribution in [3.05, 3.63) is 83.7 Å². The lowest BCUT2D eigenvalue weighted by Crippen LogP contribution is -2.30. The highest BCUT2D eigenvalue weighted by atomic mass is 32.2. The average Bonchev–Trinajstić information content (AvgIpc) is 2.97. The average molecular weight is 391 g/mol. The molecule has 6 heteroatoms. The molecule has 1 aliphatic heterocycles. The molecule has 1 heterocycles. The predicted molar refractivity (Wildman–Crippen MR) is 113 cm³/mol. The van der Waals surface area contributed by atoms with Gasteiger partial charge in [-0.2, -0.15) is 5.10 Å². The number of halogens is 1. The number of carbonyl (C=O) groups is 1. The molecule has 0 saturated carbocycles. The largest absolute Gasteiger partial charge is 0.284 e. The lowest BCUT2D eigenvalue weighted by atomic mass is 10.1. The minimum absolute atomic E-state index is 0.0200. The number of rotatable bonds is 4. The van der Waals surface area contributed by atoms with Crippen molar-refractivity contribution in [1.82, 2.24) is 4.90 Å². The fourth-order valence-corrected chi connectivity index (χ4v) is 4.01. The Balaban J connectivity index is 1.58. The van der Waals surface area contributed by atoms with E-state index in [2.05, 4.69) is 22.3 Å². The number of hydrogen-bond donors (Lipinski definition) is 0. The molecular weight excluding hydrogens is 373 g/mol. The first-order chi connectivity index (χ1) is 13.6. The van der Waals surface area contributed by atoms with E-state index in [0.29, 0.717) is 11.7 Å². The first-order valence-corrected chi connectivity index (χ1v) is 9.81. The highest BCUT2D eigenvalue weighted by Gasteiger charge is 2.35. The second kappa shape index (κ2) is 7.94. The van der Waals surface area contributed by atoms with E-state index < -0.39 is 0 Å². The zero-order valence-electron chi connectivity index (χ0n) is 15.2. The molecule has 0 aliphatic carbocycles. The summed E-state index contributed by atoms with van der Waals surface area (Å²) in [6.07, 6.45) is 1.71. The number of nitrogens with zero attached hydrogens (tertiary/aromatic N) is 3. The minimum Gasteiger partial charge on any atom is -0.284 e. The van der Waals surface area contributed by atoms with Crippen LogP contribution in [0.4, 0.5) is 4.39 Å². The number of fused-ring (bicyclic) bond motifs is 1. The lowest BCUT2D eigenvalue weighted by Gasteiger charge is -2.15. The summed E-state index contributed by atoms with van der Waals surface area (Å²) in [6.45, 7) is 2.20. The van der Waals surface area contributed by atoms with Gasteiger partial charge >= 0.3 is 0 Å². The van der Waals surface area contributed by atoms with Crippen LogP contribution in [0.25, 0.3) is 10.8 Å². The molecule has 1 amide bonds.